The summed E-state index contributed by atoms with van der Waals surface area (Å²) in [6.07, 6.45) is 91.0. The van der Waals surface area contributed by atoms with Crippen molar-refractivity contribution in [1.29, 1.82) is 0 Å². The Balaban J connectivity index is 4.27. The van der Waals surface area contributed by atoms with Gasteiger partial charge < -0.3 is 14.2 Å². The second kappa shape index (κ2) is 66.6. The predicted molar refractivity (Wildman–Crippen MR) is 343 cm³/mol. The quantitative estimate of drug-likeness (QED) is 0.0261. The molecule has 0 aromatic heterocycles. The number of allylic oxidation sites excluding steroid dienone is 18. The molecule has 0 aliphatic heterocycles. The van der Waals surface area contributed by atoms with Crippen LogP contribution in [0.4, 0.5) is 0 Å². The Morgan fingerprint density at radius 2 is 0.506 bits per heavy atom. The molecule has 0 saturated carbocycles. The molecule has 6 nitrogen and oxygen atoms in total. The van der Waals surface area contributed by atoms with Crippen molar-refractivity contribution in [3.63, 3.8) is 0 Å². The summed E-state index contributed by atoms with van der Waals surface area (Å²) in [4.78, 5) is 38.3. The van der Waals surface area contributed by atoms with Crippen LogP contribution in [-0.4, -0.2) is 37.2 Å². The van der Waals surface area contributed by atoms with E-state index < -0.39 is 6.10 Å². The van der Waals surface area contributed by atoms with Crippen molar-refractivity contribution in [2.24, 2.45) is 0 Å². The van der Waals surface area contributed by atoms with Crippen molar-refractivity contribution in [2.75, 3.05) is 13.2 Å². The van der Waals surface area contributed by atoms with E-state index in [9.17, 15) is 14.4 Å². The number of carbonyl (C=O) groups excluding carboxylic acids is 3. The van der Waals surface area contributed by atoms with Crippen LogP contribution in [0.3, 0.4) is 0 Å². The van der Waals surface area contributed by atoms with Gasteiger partial charge in [-0.2, -0.15) is 0 Å². The van der Waals surface area contributed by atoms with Crippen molar-refractivity contribution in [3.05, 3.63) is 109 Å². The highest BCUT2D eigenvalue weighted by molar-refractivity contribution is 5.71. The average Bonchev–Trinajstić information content (AvgIpc) is 3.45. The molecule has 0 N–H and O–H groups in total. The molecule has 0 saturated heterocycles. The van der Waals surface area contributed by atoms with Crippen molar-refractivity contribution in [3.8, 4) is 0 Å². The molecule has 0 aromatic rings. The Labute approximate surface area is 489 Å². The Morgan fingerprint density at radius 3 is 0.823 bits per heavy atom. The molecule has 452 valence electrons. The molecule has 0 aliphatic carbocycles. The highest BCUT2D eigenvalue weighted by Gasteiger charge is 2.19. The number of rotatable bonds is 60. The molecule has 0 bridgehead atoms. The summed E-state index contributed by atoms with van der Waals surface area (Å²) in [5.74, 6) is -0.901. The van der Waals surface area contributed by atoms with Crippen LogP contribution >= 0.6 is 0 Å². The summed E-state index contributed by atoms with van der Waals surface area (Å²) in [5.41, 5.74) is 0. The van der Waals surface area contributed by atoms with E-state index in [4.69, 9.17) is 14.2 Å². The number of carbonyl (C=O) groups is 3. The highest BCUT2D eigenvalue weighted by atomic mass is 16.6. The van der Waals surface area contributed by atoms with Gasteiger partial charge in [-0.3, -0.25) is 14.4 Å². The molecule has 79 heavy (non-hydrogen) atoms. The van der Waals surface area contributed by atoms with Gasteiger partial charge in [0.2, 0.25) is 0 Å². The summed E-state index contributed by atoms with van der Waals surface area (Å²) in [6, 6.07) is 0. The first kappa shape index (κ1) is 75.1. The second-order valence-electron chi connectivity index (χ2n) is 22.0. The monoisotopic (exact) mass is 1100 g/mol. The van der Waals surface area contributed by atoms with Gasteiger partial charge in [-0.05, 0) is 122 Å². The molecule has 0 spiro atoms. The lowest BCUT2D eigenvalue weighted by molar-refractivity contribution is -0.167. The third-order valence-corrected chi connectivity index (χ3v) is 14.2. The maximum atomic E-state index is 12.9. The summed E-state index contributed by atoms with van der Waals surface area (Å²) in [7, 11) is 0. The van der Waals surface area contributed by atoms with Crippen LogP contribution in [0.1, 0.15) is 316 Å². The molecule has 0 fully saturated rings. The van der Waals surface area contributed by atoms with Gasteiger partial charge >= 0.3 is 17.9 Å². The first-order valence-corrected chi connectivity index (χ1v) is 33.4. The number of hydrogen-bond acceptors (Lipinski definition) is 6. The Bertz CT molecular complexity index is 1590. The fourth-order valence-corrected chi connectivity index (χ4v) is 9.22. The molecule has 1 atom stereocenters. The lowest BCUT2D eigenvalue weighted by atomic mass is 10.0. The number of esters is 3. The Hall–Kier alpha value is -3.93. The Morgan fingerprint density at radius 1 is 0.266 bits per heavy atom. The fourth-order valence-electron chi connectivity index (χ4n) is 9.22. The van der Waals surface area contributed by atoms with E-state index in [-0.39, 0.29) is 31.1 Å². The van der Waals surface area contributed by atoms with Gasteiger partial charge in [0, 0.05) is 19.3 Å². The van der Waals surface area contributed by atoms with Gasteiger partial charge in [-0.15, -0.1) is 0 Å². The highest BCUT2D eigenvalue weighted by Crippen LogP contribution is 2.16. The molecule has 0 rings (SSSR count). The zero-order valence-corrected chi connectivity index (χ0v) is 51.9. The number of hydrogen-bond donors (Lipinski definition) is 0. The van der Waals surface area contributed by atoms with Gasteiger partial charge in [-0.1, -0.05) is 284 Å². The Kier molecular flexibility index (Phi) is 63.3. The van der Waals surface area contributed by atoms with Crippen LogP contribution in [0.15, 0.2) is 109 Å². The van der Waals surface area contributed by atoms with Crippen LogP contribution in [0, 0.1) is 0 Å². The van der Waals surface area contributed by atoms with E-state index in [0.717, 1.165) is 135 Å². The normalized spacial score (nSPS) is 12.8. The molecular weight excluding hydrogens is 973 g/mol. The maximum absolute atomic E-state index is 12.9. The minimum Gasteiger partial charge on any atom is -0.462 e. The van der Waals surface area contributed by atoms with Crippen LogP contribution in [0.2, 0.25) is 0 Å². The summed E-state index contributed by atoms with van der Waals surface area (Å²) < 4.78 is 16.9. The topological polar surface area (TPSA) is 78.9 Å². The van der Waals surface area contributed by atoms with Crippen LogP contribution < -0.4 is 0 Å². The third-order valence-electron chi connectivity index (χ3n) is 14.2. The van der Waals surface area contributed by atoms with Gasteiger partial charge in [0.1, 0.15) is 13.2 Å². The van der Waals surface area contributed by atoms with Crippen LogP contribution in [0.5, 0.6) is 0 Å². The zero-order valence-electron chi connectivity index (χ0n) is 51.9. The third kappa shape index (κ3) is 64.8. The lowest BCUT2D eigenvalue weighted by Gasteiger charge is -2.18. The fraction of sp³-hybridized carbons (Fsp3) is 0.712. The van der Waals surface area contributed by atoms with Crippen molar-refractivity contribution in [2.45, 2.75) is 322 Å². The van der Waals surface area contributed by atoms with Gasteiger partial charge in [0.05, 0.1) is 0 Å². The van der Waals surface area contributed by atoms with Gasteiger partial charge in [0.25, 0.3) is 0 Å². The molecule has 1 unspecified atom stereocenters. The molecule has 6 heteroatoms. The van der Waals surface area contributed by atoms with Crippen molar-refractivity contribution >= 4 is 17.9 Å². The van der Waals surface area contributed by atoms with Crippen LogP contribution in [-0.2, 0) is 28.6 Å². The zero-order chi connectivity index (χ0) is 57.1. The van der Waals surface area contributed by atoms with E-state index in [1.165, 1.54) is 141 Å². The summed E-state index contributed by atoms with van der Waals surface area (Å²) in [5, 5.41) is 0. The summed E-state index contributed by atoms with van der Waals surface area (Å²) in [6.45, 7) is 6.49. The van der Waals surface area contributed by atoms with Crippen molar-refractivity contribution < 1.29 is 28.6 Å². The molecule has 0 heterocycles. The number of unbranched alkanes of at least 4 members (excludes halogenated alkanes) is 31. The van der Waals surface area contributed by atoms with E-state index in [0.29, 0.717) is 19.3 Å². The van der Waals surface area contributed by atoms with Crippen molar-refractivity contribution in [1.82, 2.24) is 0 Å². The van der Waals surface area contributed by atoms with Crippen LogP contribution in [0.25, 0.3) is 0 Å². The van der Waals surface area contributed by atoms with E-state index in [1.807, 2.05) is 0 Å². The van der Waals surface area contributed by atoms with Gasteiger partial charge in [-0.25, -0.2) is 0 Å². The molecule has 0 aromatic carbocycles. The average molecular weight is 1100 g/mol. The smallest absolute Gasteiger partial charge is 0.306 e. The molecular formula is C73H124O6. The molecule has 0 amide bonds. The minimum absolute atomic E-state index is 0.0859. The standard InChI is InChI=1S/C73H124O6/c1-4-7-10-13-16-19-22-25-28-30-31-32-33-34-35-36-37-38-39-40-41-42-43-44-46-48-51-54-57-60-63-66-72(75)78-69-70(68-77-71(74)65-62-59-56-53-50-47-27-24-21-18-15-12-9-6-3)79-73(76)67-64-61-58-55-52-49-45-29-26-23-20-17-14-11-8-5-2/h7,10,15-16,18-19,24-25,27-29,31-32,34-35,37-38,45,70H,4-6,8-9,11-14,17,20-23,26,30,33,36,39-44,46-69H2,1-3H3/b10-7-,18-15-,19-16-,27-24-,28-25-,32-31-,35-34-,38-37-,45-29-. The minimum atomic E-state index is -0.790. The SMILES string of the molecule is CC/C=C\C/C=C\C/C=C\C/C=C\C/C=C\C/C=C\CCCCCCCCCCCCCCC(=O)OCC(COC(=O)CCCCCCC/C=C\C/C=C\CCCC)OC(=O)CCCCCCC/C=C\CCCCCCCCC. The molecule has 0 radical (unpaired) electrons. The predicted octanol–water partition coefficient (Wildman–Crippen LogP) is 23.0. The number of ether oxygens (including phenoxy) is 3. The van der Waals surface area contributed by atoms with E-state index in [2.05, 4.69) is 130 Å². The van der Waals surface area contributed by atoms with Gasteiger partial charge in [0.15, 0.2) is 6.10 Å². The van der Waals surface area contributed by atoms with E-state index in [1.54, 1.807) is 0 Å². The van der Waals surface area contributed by atoms with E-state index >= 15 is 0 Å². The molecule has 0 aliphatic rings. The first-order chi connectivity index (χ1) is 39.0. The maximum Gasteiger partial charge on any atom is 0.306 e. The lowest BCUT2D eigenvalue weighted by Crippen LogP contribution is -2.30. The largest absolute Gasteiger partial charge is 0.462 e. The second-order valence-corrected chi connectivity index (χ2v) is 22.0. The summed E-state index contributed by atoms with van der Waals surface area (Å²) >= 11 is 0. The first-order valence-electron chi connectivity index (χ1n) is 33.4.